The van der Waals surface area contributed by atoms with E-state index >= 15 is 0 Å². The molecule has 87 heavy (non-hydrogen) atoms. The van der Waals surface area contributed by atoms with Gasteiger partial charge in [0, 0.05) is 5.92 Å². The Hall–Kier alpha value is -3.02. The molecule has 6 atom stereocenters. The van der Waals surface area contributed by atoms with Crippen LogP contribution in [0.5, 0.6) is 0 Å². The van der Waals surface area contributed by atoms with E-state index in [0.717, 1.165) is 0 Å². The Labute approximate surface area is 461 Å². The highest BCUT2D eigenvalue weighted by Crippen LogP contribution is 2.92. The minimum Gasteiger partial charge on any atom is -0.374 e. The van der Waals surface area contributed by atoms with Gasteiger partial charge in [-0.15, -0.1) is 0 Å². The summed E-state index contributed by atoms with van der Waals surface area (Å²) in [7, 11) is 0. The van der Waals surface area contributed by atoms with Crippen LogP contribution in [0.25, 0.3) is 0 Å². The Bertz CT molecular complexity index is 2270. The molecule has 42 heteroatoms. The van der Waals surface area contributed by atoms with Gasteiger partial charge in [-0.2, -0.15) is 158 Å². The van der Waals surface area contributed by atoms with Gasteiger partial charge in [-0.3, -0.25) is 0 Å². The Kier molecular flexibility index (Phi) is 17.8. The Morgan fingerprint density at radius 3 is 0.724 bits per heavy atom. The predicted molar refractivity (Wildman–Crippen MR) is 209 cm³/mol. The first-order valence-electron chi connectivity index (χ1n) is 24.9. The summed E-state index contributed by atoms with van der Waals surface area (Å²) in [6, 6.07) is 0. The third kappa shape index (κ3) is 12.2. The lowest BCUT2D eigenvalue weighted by Gasteiger charge is -2.42. The number of hydrogen-bond donors (Lipinski definition) is 4. The molecule has 0 aliphatic heterocycles. The lowest BCUT2D eigenvalue weighted by atomic mass is 9.86. The van der Waals surface area contributed by atoms with Crippen LogP contribution in [0.2, 0.25) is 0 Å². The number of aliphatic hydroxyl groups is 4. The summed E-state index contributed by atoms with van der Waals surface area (Å²) in [5.74, 6) is 5.02. The van der Waals surface area contributed by atoms with Gasteiger partial charge in [0.15, 0.2) is 0 Å². The van der Waals surface area contributed by atoms with Crippen LogP contribution < -0.4 is 0 Å². The van der Waals surface area contributed by atoms with Crippen molar-refractivity contribution in [2.45, 2.75) is 191 Å². The fraction of sp³-hybridized carbons (Fsp3) is 0.956. The zero-order chi connectivity index (χ0) is 67.7. The smallest absolute Gasteiger partial charge is 0.374 e. The van der Waals surface area contributed by atoms with E-state index in [4.69, 9.17) is 20.4 Å². The first kappa shape index (κ1) is 73.0. The standard InChI is InChI=1S/2C15H14F12O2.C8H6F12O2.C7H8/c16-12(17,18)10(28,13(19,20)21)1-2-11(14(22,23)24,15(25,26)27)29-9-5-3-6-7(4-5)8(6)9;16-12(17,18)10(28,13(19,20)21)3-4-11(14(22,23)24,15(25,26)27)29-9-6-7-1-2-8(9)5-7;9-5(10,11)3(21,6(12,13)14)1-2-4(22,7(15,16)17)8(18,19)20;1-2-4-5(2)7-3(1)6(4)7/h5-9,28H,1-4H2;1-2,7-9,28H,3-6H2;21-22H,1-2H2;2-7H,1H2. The van der Waals surface area contributed by atoms with Crippen molar-refractivity contribution < 1.29 is 188 Å². The van der Waals surface area contributed by atoms with E-state index in [0.29, 0.717) is 12.8 Å². The molecule has 10 saturated carbocycles. The lowest BCUT2D eigenvalue weighted by Crippen LogP contribution is -2.63. The number of halogens is 36. The molecule has 6 nitrogen and oxygen atoms in total. The highest BCUT2D eigenvalue weighted by atomic mass is 19.5. The SMILES string of the molecule is C1C2C3C2C2C1C32.OC(CCC(O)(C(F)(F)F)C(F)(F)F)(C(F)(F)F)C(F)(F)F.OC(CCC(OC1C2CC3C(C2)C31)(C(F)(F)F)C(F)(F)F)(C(F)(F)F)C(F)(F)F.OC(CCC(OC1CC2C=CC1C2)(C(F)(F)F)C(F)(F)F)(C(F)(F)F)C(F)(F)F. The number of hydrogen-bond acceptors (Lipinski definition) is 6. The van der Waals surface area contributed by atoms with Crippen LogP contribution in [0.1, 0.15) is 70.6 Å². The lowest BCUT2D eigenvalue weighted by molar-refractivity contribution is -0.407. The summed E-state index contributed by atoms with van der Waals surface area (Å²) in [6.45, 7) is 0. The first-order valence-corrected chi connectivity index (χ1v) is 24.9. The molecular weight excluding hydrogens is 1320 g/mol. The molecule has 0 aromatic rings. The molecule has 8 bridgehead atoms. The second kappa shape index (κ2) is 21.3. The zero-order valence-electron chi connectivity index (χ0n) is 42.2. The van der Waals surface area contributed by atoms with Crippen LogP contribution in [0.4, 0.5) is 158 Å². The summed E-state index contributed by atoms with van der Waals surface area (Å²) in [6.07, 6.45) is -94.2. The molecule has 6 unspecified atom stereocenters. The molecule has 10 fully saturated rings. The topological polar surface area (TPSA) is 99.4 Å². The second-order valence-electron chi connectivity index (χ2n) is 23.1. The number of rotatable bonds is 13. The van der Waals surface area contributed by atoms with Gasteiger partial charge in [0.1, 0.15) is 0 Å². The van der Waals surface area contributed by atoms with Gasteiger partial charge in [0.05, 0.1) is 12.2 Å². The van der Waals surface area contributed by atoms with E-state index in [2.05, 4.69) is 9.47 Å². The number of ether oxygens (including phenoxy) is 2. The summed E-state index contributed by atoms with van der Waals surface area (Å²) >= 11 is 0. The van der Waals surface area contributed by atoms with E-state index in [1.54, 1.807) is 6.42 Å². The minimum absolute atomic E-state index is 0.133. The van der Waals surface area contributed by atoms with Crippen molar-refractivity contribution in [2.75, 3.05) is 0 Å². The molecule has 0 aromatic carbocycles. The third-order valence-electron chi connectivity index (χ3n) is 18.4. The van der Waals surface area contributed by atoms with Gasteiger partial charge in [-0.1, -0.05) is 12.2 Å². The molecular formula is C45H42F36O6. The summed E-state index contributed by atoms with van der Waals surface area (Å²) in [4.78, 5) is 0. The molecule has 11 rings (SSSR count). The molecule has 11 aliphatic rings. The summed E-state index contributed by atoms with van der Waals surface area (Å²) in [5.41, 5.74) is -33.8. The van der Waals surface area contributed by atoms with Crippen LogP contribution in [0, 0.1) is 71.0 Å². The molecule has 510 valence electrons. The Balaban J connectivity index is 0.000000197. The molecule has 0 aromatic heterocycles. The quantitative estimate of drug-likeness (QED) is 0.108. The average molecular weight is 1360 g/mol. The maximum atomic E-state index is 13.5. The van der Waals surface area contributed by atoms with Gasteiger partial charge in [-0.25, -0.2) is 0 Å². The molecule has 0 amide bonds. The van der Waals surface area contributed by atoms with Gasteiger partial charge < -0.3 is 29.9 Å². The van der Waals surface area contributed by atoms with Crippen molar-refractivity contribution in [1.29, 1.82) is 0 Å². The summed E-state index contributed by atoms with van der Waals surface area (Å²) < 4.78 is 469. The maximum Gasteiger partial charge on any atom is 0.426 e. The van der Waals surface area contributed by atoms with E-state index in [9.17, 15) is 158 Å². The van der Waals surface area contributed by atoms with Crippen LogP contribution in [-0.4, -0.2) is 140 Å². The number of alkyl halides is 36. The molecule has 4 N–H and O–H groups in total. The highest BCUT2D eigenvalue weighted by Gasteiger charge is 2.88. The van der Waals surface area contributed by atoms with Crippen molar-refractivity contribution in [3.05, 3.63) is 12.2 Å². The monoisotopic (exact) mass is 1360 g/mol. The Morgan fingerprint density at radius 2 is 0.540 bits per heavy atom. The fourth-order valence-corrected chi connectivity index (χ4v) is 13.5. The first-order chi connectivity index (χ1) is 38.2. The maximum absolute atomic E-state index is 13.5. The van der Waals surface area contributed by atoms with E-state index in [-0.39, 0.29) is 24.7 Å². The molecule has 0 spiro atoms. The third-order valence-corrected chi connectivity index (χ3v) is 18.4. The van der Waals surface area contributed by atoms with Crippen LogP contribution in [-0.2, 0) is 9.47 Å². The van der Waals surface area contributed by atoms with Crippen LogP contribution in [0.3, 0.4) is 0 Å². The van der Waals surface area contributed by atoms with Gasteiger partial charge in [-0.05, 0) is 136 Å². The van der Waals surface area contributed by atoms with E-state index < -0.39 is 182 Å². The summed E-state index contributed by atoms with van der Waals surface area (Å²) in [5, 5.41) is 35.0. The highest BCUT2D eigenvalue weighted by molar-refractivity contribution is 5.35. The van der Waals surface area contributed by atoms with Gasteiger partial charge >= 0.3 is 74.1 Å². The van der Waals surface area contributed by atoms with E-state index in [1.165, 1.54) is 47.7 Å². The molecule has 0 saturated heterocycles. The van der Waals surface area contributed by atoms with Gasteiger partial charge in [0.25, 0.3) is 33.6 Å². The van der Waals surface area contributed by atoms with Crippen molar-refractivity contribution in [3.63, 3.8) is 0 Å². The molecule has 0 radical (unpaired) electrons. The largest absolute Gasteiger partial charge is 0.426 e. The van der Waals surface area contributed by atoms with Crippen molar-refractivity contribution >= 4 is 0 Å². The molecule has 11 aliphatic carbocycles. The number of allylic oxidation sites excluding steroid dienone is 1. The number of fused-ring (bicyclic) bond motifs is 2. The van der Waals surface area contributed by atoms with Crippen molar-refractivity contribution in [3.8, 4) is 0 Å². The van der Waals surface area contributed by atoms with Crippen molar-refractivity contribution in [2.24, 2.45) is 71.0 Å². The second-order valence-corrected chi connectivity index (χ2v) is 23.1. The van der Waals surface area contributed by atoms with Crippen LogP contribution >= 0.6 is 0 Å². The van der Waals surface area contributed by atoms with Gasteiger partial charge in [0.2, 0.25) is 0 Å². The zero-order valence-corrected chi connectivity index (χ0v) is 42.2. The average Bonchev–Trinajstić information content (AvgIpc) is 1.44. The fourth-order valence-electron chi connectivity index (χ4n) is 13.5. The minimum atomic E-state index is -6.61. The normalized spacial score (nSPS) is 31.5. The Morgan fingerprint density at radius 1 is 0.276 bits per heavy atom. The van der Waals surface area contributed by atoms with Crippen molar-refractivity contribution in [1.82, 2.24) is 0 Å². The van der Waals surface area contributed by atoms with E-state index in [1.807, 2.05) is 0 Å². The van der Waals surface area contributed by atoms with Crippen LogP contribution in [0.15, 0.2) is 12.2 Å². The molecule has 0 heterocycles. The predicted octanol–water partition coefficient (Wildman–Crippen LogP) is 15.2.